The smallest absolute Gasteiger partial charge is 0.152 e. The van der Waals surface area contributed by atoms with Crippen LogP contribution < -0.4 is 5.32 Å². The van der Waals surface area contributed by atoms with Crippen LogP contribution in [-0.4, -0.2) is 21.1 Å². The van der Waals surface area contributed by atoms with Crippen LogP contribution in [0, 0.1) is 19.3 Å². The van der Waals surface area contributed by atoms with Crippen LogP contribution in [-0.2, 0) is 0 Å². The predicted octanol–water partition coefficient (Wildman–Crippen LogP) is 2.25. The monoisotopic (exact) mass is 228 g/mol. The molecule has 0 fully saturated rings. The van der Waals surface area contributed by atoms with Gasteiger partial charge >= 0.3 is 0 Å². The Morgan fingerprint density at radius 2 is 2.35 bits per heavy atom. The molecule has 0 aliphatic rings. The standard InChI is InChI=1S/C13H16N4/c1-3-4-5-6-7-14-13-12-10-11(2)16-17(12)9-8-15-13/h1,8-10H,4-7H2,2H3,(H,14,15). The van der Waals surface area contributed by atoms with Gasteiger partial charge in [0.25, 0.3) is 0 Å². The highest BCUT2D eigenvalue weighted by molar-refractivity contribution is 5.67. The summed E-state index contributed by atoms with van der Waals surface area (Å²) in [6.07, 6.45) is 11.8. The van der Waals surface area contributed by atoms with Gasteiger partial charge in [0.1, 0.15) is 5.52 Å². The van der Waals surface area contributed by atoms with Crippen LogP contribution in [0.5, 0.6) is 0 Å². The topological polar surface area (TPSA) is 42.2 Å². The highest BCUT2D eigenvalue weighted by Gasteiger charge is 2.03. The third-order valence-electron chi connectivity index (χ3n) is 2.55. The van der Waals surface area contributed by atoms with Crippen molar-refractivity contribution in [3.05, 3.63) is 24.2 Å². The van der Waals surface area contributed by atoms with Crippen LogP contribution in [0.4, 0.5) is 5.82 Å². The predicted molar refractivity (Wildman–Crippen MR) is 68.9 cm³/mol. The summed E-state index contributed by atoms with van der Waals surface area (Å²) in [4.78, 5) is 4.33. The number of terminal acetylenes is 1. The maximum absolute atomic E-state index is 5.20. The second kappa shape index (κ2) is 5.35. The number of fused-ring (bicyclic) bond motifs is 1. The molecule has 0 saturated heterocycles. The van der Waals surface area contributed by atoms with Crippen LogP contribution in [0.1, 0.15) is 25.0 Å². The van der Waals surface area contributed by atoms with Crippen molar-refractivity contribution in [2.24, 2.45) is 0 Å². The number of aryl methyl sites for hydroxylation is 1. The lowest BCUT2D eigenvalue weighted by Crippen LogP contribution is -2.04. The van der Waals surface area contributed by atoms with Gasteiger partial charge in [0.15, 0.2) is 5.82 Å². The maximum Gasteiger partial charge on any atom is 0.152 e. The van der Waals surface area contributed by atoms with Crippen molar-refractivity contribution >= 4 is 11.3 Å². The fourth-order valence-corrected chi connectivity index (χ4v) is 1.74. The second-order valence-corrected chi connectivity index (χ2v) is 3.98. The Morgan fingerprint density at radius 3 is 3.18 bits per heavy atom. The van der Waals surface area contributed by atoms with E-state index in [9.17, 15) is 0 Å². The lowest BCUT2D eigenvalue weighted by molar-refractivity contribution is 0.787. The van der Waals surface area contributed by atoms with E-state index in [1.807, 2.05) is 23.7 Å². The molecule has 0 bridgehead atoms. The molecule has 0 amide bonds. The third kappa shape index (κ3) is 2.76. The highest BCUT2D eigenvalue weighted by atomic mass is 15.2. The number of nitrogens with zero attached hydrogens (tertiary/aromatic N) is 3. The van der Waals surface area contributed by atoms with Gasteiger partial charge in [-0.25, -0.2) is 9.50 Å². The molecule has 2 rings (SSSR count). The van der Waals surface area contributed by atoms with Gasteiger partial charge in [-0.05, 0) is 25.8 Å². The number of anilines is 1. The van der Waals surface area contributed by atoms with E-state index in [1.54, 1.807) is 6.20 Å². The first-order chi connectivity index (χ1) is 8.31. The molecular weight excluding hydrogens is 212 g/mol. The van der Waals surface area contributed by atoms with E-state index >= 15 is 0 Å². The minimum absolute atomic E-state index is 0.838. The first kappa shape index (κ1) is 11.5. The summed E-state index contributed by atoms with van der Waals surface area (Å²) in [5, 5.41) is 7.66. The Balaban J connectivity index is 2.01. The van der Waals surface area contributed by atoms with Gasteiger partial charge in [0, 0.05) is 25.4 Å². The molecule has 88 valence electrons. The Labute approximate surface area is 101 Å². The number of rotatable bonds is 5. The first-order valence-electron chi connectivity index (χ1n) is 5.79. The molecule has 4 heteroatoms. The molecule has 17 heavy (non-hydrogen) atoms. The fraction of sp³-hybridized carbons (Fsp3) is 0.385. The van der Waals surface area contributed by atoms with Gasteiger partial charge < -0.3 is 5.32 Å². The summed E-state index contributed by atoms with van der Waals surface area (Å²) in [6, 6.07) is 2.02. The van der Waals surface area contributed by atoms with Gasteiger partial charge in [-0.2, -0.15) is 5.10 Å². The third-order valence-corrected chi connectivity index (χ3v) is 2.55. The molecule has 0 aliphatic carbocycles. The molecule has 0 unspecified atom stereocenters. The molecule has 0 atom stereocenters. The largest absolute Gasteiger partial charge is 0.368 e. The quantitative estimate of drug-likeness (QED) is 0.630. The van der Waals surface area contributed by atoms with Gasteiger partial charge in [0.2, 0.25) is 0 Å². The summed E-state index contributed by atoms with van der Waals surface area (Å²) < 4.78 is 1.84. The molecule has 4 nitrogen and oxygen atoms in total. The Bertz CT molecular complexity index is 536. The van der Waals surface area contributed by atoms with Crippen LogP contribution in [0.25, 0.3) is 5.52 Å². The number of hydrogen-bond acceptors (Lipinski definition) is 3. The van der Waals surface area contributed by atoms with E-state index in [1.165, 1.54) is 0 Å². The minimum atomic E-state index is 0.838. The average Bonchev–Trinajstić information content (AvgIpc) is 2.70. The van der Waals surface area contributed by atoms with E-state index in [0.29, 0.717) is 0 Å². The Morgan fingerprint density at radius 1 is 1.47 bits per heavy atom. The molecule has 2 heterocycles. The van der Waals surface area contributed by atoms with Crippen molar-refractivity contribution in [3.63, 3.8) is 0 Å². The lowest BCUT2D eigenvalue weighted by Gasteiger charge is -2.05. The normalized spacial score (nSPS) is 10.4. The fourth-order valence-electron chi connectivity index (χ4n) is 1.74. The van der Waals surface area contributed by atoms with Gasteiger partial charge in [0.05, 0.1) is 5.69 Å². The summed E-state index contributed by atoms with van der Waals surface area (Å²) in [5.41, 5.74) is 2.01. The van der Waals surface area contributed by atoms with Crippen molar-refractivity contribution in [2.75, 3.05) is 11.9 Å². The summed E-state index contributed by atoms with van der Waals surface area (Å²) >= 11 is 0. The average molecular weight is 228 g/mol. The summed E-state index contributed by atoms with van der Waals surface area (Å²) in [6.45, 7) is 2.86. The van der Waals surface area contributed by atoms with Crippen LogP contribution in [0.2, 0.25) is 0 Å². The van der Waals surface area contributed by atoms with Crippen LogP contribution in [0.3, 0.4) is 0 Å². The van der Waals surface area contributed by atoms with Crippen molar-refractivity contribution in [3.8, 4) is 12.3 Å². The highest BCUT2D eigenvalue weighted by Crippen LogP contribution is 2.14. The van der Waals surface area contributed by atoms with E-state index < -0.39 is 0 Å². The molecule has 0 aromatic carbocycles. The van der Waals surface area contributed by atoms with E-state index in [0.717, 1.165) is 42.8 Å². The van der Waals surface area contributed by atoms with Crippen molar-refractivity contribution < 1.29 is 0 Å². The zero-order valence-corrected chi connectivity index (χ0v) is 9.98. The van der Waals surface area contributed by atoms with E-state index in [4.69, 9.17) is 6.42 Å². The zero-order valence-electron chi connectivity index (χ0n) is 9.98. The number of nitrogens with one attached hydrogen (secondary N) is 1. The van der Waals surface area contributed by atoms with Crippen LogP contribution in [0.15, 0.2) is 18.5 Å². The summed E-state index contributed by atoms with van der Waals surface area (Å²) in [5.74, 6) is 3.52. The van der Waals surface area contributed by atoms with Crippen molar-refractivity contribution in [1.82, 2.24) is 14.6 Å². The van der Waals surface area contributed by atoms with Gasteiger partial charge in [-0.1, -0.05) is 0 Å². The van der Waals surface area contributed by atoms with Crippen molar-refractivity contribution in [2.45, 2.75) is 26.2 Å². The zero-order chi connectivity index (χ0) is 12.1. The van der Waals surface area contributed by atoms with Gasteiger partial charge in [-0.3, -0.25) is 0 Å². The molecule has 2 aromatic rings. The first-order valence-corrected chi connectivity index (χ1v) is 5.79. The van der Waals surface area contributed by atoms with Gasteiger partial charge in [-0.15, -0.1) is 12.3 Å². The molecule has 0 radical (unpaired) electrons. The molecule has 0 aliphatic heterocycles. The minimum Gasteiger partial charge on any atom is -0.368 e. The molecular formula is C13H16N4. The SMILES string of the molecule is C#CCCCCNc1nccn2nc(C)cc12. The van der Waals surface area contributed by atoms with Crippen molar-refractivity contribution in [1.29, 1.82) is 0 Å². The van der Waals surface area contributed by atoms with Crippen LogP contribution >= 0.6 is 0 Å². The lowest BCUT2D eigenvalue weighted by atomic mass is 10.2. The maximum atomic E-state index is 5.20. The Kier molecular flexibility index (Phi) is 3.61. The number of aromatic nitrogens is 3. The second-order valence-electron chi connectivity index (χ2n) is 3.98. The molecule has 2 aromatic heterocycles. The molecule has 0 saturated carbocycles. The number of hydrogen-bond donors (Lipinski definition) is 1. The van der Waals surface area contributed by atoms with E-state index in [-0.39, 0.29) is 0 Å². The Hall–Kier alpha value is -2.02. The number of unbranched alkanes of at least 4 members (excludes halogenated alkanes) is 2. The molecule has 0 spiro atoms. The molecule has 1 N–H and O–H groups in total. The summed E-state index contributed by atoms with van der Waals surface area (Å²) in [7, 11) is 0. The van der Waals surface area contributed by atoms with E-state index in [2.05, 4.69) is 21.3 Å².